The lowest BCUT2D eigenvalue weighted by Gasteiger charge is -2.15. The van der Waals surface area contributed by atoms with E-state index in [1.807, 2.05) is 43.3 Å². The number of nitrogens with one attached hydrogen (secondary N) is 1. The van der Waals surface area contributed by atoms with E-state index in [1.165, 1.54) is 0 Å². The first-order valence-electron chi connectivity index (χ1n) is 5.30. The standard InChI is InChI=1S/C13H12Cl2N2/c1-9(10-4-2-5-11(14)8-10)16-13-7-3-6-12(15)17-13/h2-9H,1H3,(H,16,17). The summed E-state index contributed by atoms with van der Waals surface area (Å²) in [5.74, 6) is 0.755. The molecule has 1 unspecified atom stereocenters. The highest BCUT2D eigenvalue weighted by atomic mass is 35.5. The molecule has 0 saturated carbocycles. The molecule has 1 heterocycles. The topological polar surface area (TPSA) is 24.9 Å². The zero-order chi connectivity index (χ0) is 12.3. The van der Waals surface area contributed by atoms with Gasteiger partial charge in [0, 0.05) is 11.1 Å². The fourth-order valence-corrected chi connectivity index (χ4v) is 1.93. The summed E-state index contributed by atoms with van der Waals surface area (Å²) in [5.41, 5.74) is 1.11. The van der Waals surface area contributed by atoms with E-state index < -0.39 is 0 Å². The van der Waals surface area contributed by atoms with Crippen molar-refractivity contribution in [3.05, 3.63) is 58.2 Å². The number of pyridine rings is 1. The van der Waals surface area contributed by atoms with Crippen LogP contribution >= 0.6 is 23.2 Å². The monoisotopic (exact) mass is 266 g/mol. The van der Waals surface area contributed by atoms with Crippen LogP contribution in [0.15, 0.2) is 42.5 Å². The number of hydrogen-bond donors (Lipinski definition) is 1. The van der Waals surface area contributed by atoms with Gasteiger partial charge in [-0.3, -0.25) is 0 Å². The minimum absolute atomic E-state index is 0.125. The van der Waals surface area contributed by atoms with Gasteiger partial charge in [-0.05, 0) is 36.8 Å². The van der Waals surface area contributed by atoms with Gasteiger partial charge in [0.15, 0.2) is 0 Å². The van der Waals surface area contributed by atoms with Crippen LogP contribution in [0.2, 0.25) is 10.2 Å². The molecule has 2 nitrogen and oxygen atoms in total. The Balaban J connectivity index is 2.14. The molecule has 1 atom stereocenters. The van der Waals surface area contributed by atoms with E-state index in [0.29, 0.717) is 5.15 Å². The SMILES string of the molecule is CC(Nc1cccc(Cl)n1)c1cccc(Cl)c1. The normalized spacial score (nSPS) is 12.2. The zero-order valence-electron chi connectivity index (χ0n) is 9.32. The second-order valence-electron chi connectivity index (χ2n) is 3.77. The van der Waals surface area contributed by atoms with Gasteiger partial charge in [0.25, 0.3) is 0 Å². The molecule has 17 heavy (non-hydrogen) atoms. The molecule has 0 saturated heterocycles. The van der Waals surface area contributed by atoms with Crippen LogP contribution in [0.3, 0.4) is 0 Å². The first kappa shape index (κ1) is 12.2. The molecule has 0 aliphatic rings. The Kier molecular flexibility index (Phi) is 3.87. The van der Waals surface area contributed by atoms with E-state index in [4.69, 9.17) is 23.2 Å². The third-order valence-electron chi connectivity index (χ3n) is 2.43. The van der Waals surface area contributed by atoms with Gasteiger partial charge >= 0.3 is 0 Å². The van der Waals surface area contributed by atoms with Crippen molar-refractivity contribution in [3.63, 3.8) is 0 Å². The summed E-state index contributed by atoms with van der Waals surface area (Å²) >= 11 is 11.8. The second kappa shape index (κ2) is 5.39. The van der Waals surface area contributed by atoms with Crippen molar-refractivity contribution in [2.24, 2.45) is 0 Å². The maximum Gasteiger partial charge on any atom is 0.131 e. The third kappa shape index (κ3) is 3.35. The molecule has 0 radical (unpaired) electrons. The maximum absolute atomic E-state index is 5.95. The predicted molar refractivity (Wildman–Crippen MR) is 72.7 cm³/mol. The van der Waals surface area contributed by atoms with Crippen molar-refractivity contribution >= 4 is 29.0 Å². The molecular weight excluding hydrogens is 255 g/mol. The summed E-state index contributed by atoms with van der Waals surface area (Å²) in [7, 11) is 0. The maximum atomic E-state index is 5.95. The fourth-order valence-electron chi connectivity index (χ4n) is 1.57. The minimum atomic E-state index is 0.125. The van der Waals surface area contributed by atoms with E-state index in [0.717, 1.165) is 16.4 Å². The summed E-state index contributed by atoms with van der Waals surface area (Å²) in [6.07, 6.45) is 0. The minimum Gasteiger partial charge on any atom is -0.364 e. The largest absolute Gasteiger partial charge is 0.364 e. The van der Waals surface area contributed by atoms with Crippen molar-refractivity contribution < 1.29 is 0 Å². The van der Waals surface area contributed by atoms with Crippen molar-refractivity contribution in [3.8, 4) is 0 Å². The molecule has 0 spiro atoms. The molecule has 2 rings (SSSR count). The number of anilines is 1. The van der Waals surface area contributed by atoms with Crippen LogP contribution in [0.4, 0.5) is 5.82 Å². The van der Waals surface area contributed by atoms with E-state index in [1.54, 1.807) is 6.07 Å². The van der Waals surface area contributed by atoms with E-state index in [9.17, 15) is 0 Å². The second-order valence-corrected chi connectivity index (χ2v) is 4.59. The molecule has 1 aromatic carbocycles. The lowest BCUT2D eigenvalue weighted by Crippen LogP contribution is -2.07. The zero-order valence-corrected chi connectivity index (χ0v) is 10.8. The van der Waals surface area contributed by atoms with Crippen LogP contribution in [0.1, 0.15) is 18.5 Å². The molecule has 1 aromatic heterocycles. The van der Waals surface area contributed by atoms with E-state index in [-0.39, 0.29) is 6.04 Å². The average Bonchev–Trinajstić information content (AvgIpc) is 2.29. The van der Waals surface area contributed by atoms with Gasteiger partial charge < -0.3 is 5.32 Å². The van der Waals surface area contributed by atoms with Crippen LogP contribution in [0, 0.1) is 0 Å². The van der Waals surface area contributed by atoms with Crippen LogP contribution in [0.5, 0.6) is 0 Å². The van der Waals surface area contributed by atoms with Gasteiger partial charge in [-0.2, -0.15) is 0 Å². The molecule has 0 aliphatic heterocycles. The smallest absolute Gasteiger partial charge is 0.131 e. The van der Waals surface area contributed by atoms with Crippen LogP contribution < -0.4 is 5.32 Å². The van der Waals surface area contributed by atoms with Gasteiger partial charge in [-0.25, -0.2) is 4.98 Å². The first-order valence-corrected chi connectivity index (χ1v) is 6.05. The fraction of sp³-hybridized carbons (Fsp3) is 0.154. The quantitative estimate of drug-likeness (QED) is 0.824. The Bertz CT molecular complexity index is 514. The van der Waals surface area contributed by atoms with Gasteiger partial charge in [-0.1, -0.05) is 41.4 Å². The Morgan fingerprint density at radius 2 is 1.88 bits per heavy atom. The van der Waals surface area contributed by atoms with Gasteiger partial charge in [0.1, 0.15) is 11.0 Å². The molecule has 4 heteroatoms. The highest BCUT2D eigenvalue weighted by Crippen LogP contribution is 2.21. The highest BCUT2D eigenvalue weighted by Gasteiger charge is 2.06. The summed E-state index contributed by atoms with van der Waals surface area (Å²) in [6, 6.07) is 13.4. The molecule has 0 fully saturated rings. The molecule has 2 aromatic rings. The Morgan fingerprint density at radius 1 is 1.12 bits per heavy atom. The van der Waals surface area contributed by atoms with Gasteiger partial charge in [0.2, 0.25) is 0 Å². The first-order chi connectivity index (χ1) is 8.15. The average molecular weight is 267 g/mol. The van der Waals surface area contributed by atoms with Crippen molar-refractivity contribution in [1.29, 1.82) is 0 Å². The third-order valence-corrected chi connectivity index (χ3v) is 2.87. The molecular formula is C13H12Cl2N2. The molecule has 1 N–H and O–H groups in total. The number of nitrogens with zero attached hydrogens (tertiary/aromatic N) is 1. The van der Waals surface area contributed by atoms with Crippen molar-refractivity contribution in [2.75, 3.05) is 5.32 Å². The molecule has 0 amide bonds. The molecule has 0 bridgehead atoms. The van der Waals surface area contributed by atoms with Gasteiger partial charge in [-0.15, -0.1) is 0 Å². The molecule has 88 valence electrons. The summed E-state index contributed by atoms with van der Waals surface area (Å²) in [4.78, 5) is 4.18. The Labute approximate surface area is 111 Å². The number of aromatic nitrogens is 1. The van der Waals surface area contributed by atoms with Crippen molar-refractivity contribution in [1.82, 2.24) is 4.98 Å². The van der Waals surface area contributed by atoms with E-state index >= 15 is 0 Å². The number of benzene rings is 1. The van der Waals surface area contributed by atoms with Crippen LogP contribution in [-0.4, -0.2) is 4.98 Å². The number of rotatable bonds is 3. The van der Waals surface area contributed by atoms with Crippen LogP contribution in [-0.2, 0) is 0 Å². The molecule has 0 aliphatic carbocycles. The summed E-state index contributed by atoms with van der Waals surface area (Å²) in [6.45, 7) is 2.05. The number of halogens is 2. The predicted octanol–water partition coefficient (Wildman–Crippen LogP) is 4.56. The summed E-state index contributed by atoms with van der Waals surface area (Å²) < 4.78 is 0. The number of hydrogen-bond acceptors (Lipinski definition) is 2. The van der Waals surface area contributed by atoms with E-state index in [2.05, 4.69) is 10.3 Å². The lowest BCUT2D eigenvalue weighted by atomic mass is 10.1. The highest BCUT2D eigenvalue weighted by molar-refractivity contribution is 6.30. The Hall–Kier alpha value is -1.25. The Morgan fingerprint density at radius 3 is 2.59 bits per heavy atom. The van der Waals surface area contributed by atoms with Gasteiger partial charge in [0.05, 0.1) is 0 Å². The van der Waals surface area contributed by atoms with Crippen LogP contribution in [0.25, 0.3) is 0 Å². The van der Waals surface area contributed by atoms with Crippen molar-refractivity contribution in [2.45, 2.75) is 13.0 Å². The summed E-state index contributed by atoms with van der Waals surface area (Å²) in [5, 5.41) is 4.48. The lowest BCUT2D eigenvalue weighted by molar-refractivity contribution is 0.875.